The van der Waals surface area contributed by atoms with Crippen molar-refractivity contribution < 1.29 is 38.0 Å². The third-order valence-electron chi connectivity index (χ3n) is 6.23. The van der Waals surface area contributed by atoms with Crippen LogP contribution >= 0.6 is 27.3 Å². The molecule has 1 atom stereocenters. The van der Waals surface area contributed by atoms with E-state index >= 15 is 0 Å². The van der Waals surface area contributed by atoms with Crippen molar-refractivity contribution in [3.63, 3.8) is 0 Å². The molecule has 3 aromatic rings. The highest BCUT2D eigenvalue weighted by Crippen LogP contribution is 2.36. The van der Waals surface area contributed by atoms with Crippen LogP contribution in [0.25, 0.3) is 6.08 Å². The molecular formula is C30H31BrN2O9S. The summed E-state index contributed by atoms with van der Waals surface area (Å²) in [4.78, 5) is 43.3. The van der Waals surface area contributed by atoms with Crippen molar-refractivity contribution >= 4 is 45.3 Å². The average Bonchev–Trinajstić information content (AvgIpc) is 3.32. The zero-order valence-electron chi connectivity index (χ0n) is 24.3. The Balaban J connectivity index is 1.82. The second-order valence-electron chi connectivity index (χ2n) is 8.87. The van der Waals surface area contributed by atoms with Crippen LogP contribution in [0.3, 0.4) is 0 Å². The van der Waals surface area contributed by atoms with Gasteiger partial charge >= 0.3 is 11.9 Å². The highest BCUT2D eigenvalue weighted by atomic mass is 79.9. The van der Waals surface area contributed by atoms with E-state index in [1.54, 1.807) is 43.3 Å². The van der Waals surface area contributed by atoms with E-state index in [1.165, 1.54) is 36.3 Å². The lowest BCUT2D eigenvalue weighted by molar-refractivity contribution is -0.145. The molecule has 0 aliphatic carbocycles. The summed E-state index contributed by atoms with van der Waals surface area (Å²) in [5, 5.41) is 0. The van der Waals surface area contributed by atoms with Crippen LogP contribution in [-0.4, -0.2) is 57.2 Å². The maximum absolute atomic E-state index is 13.9. The summed E-state index contributed by atoms with van der Waals surface area (Å²) < 4.78 is 34.9. The topological polar surface area (TPSA) is 124 Å². The first kappa shape index (κ1) is 31.8. The molecule has 11 nitrogen and oxygen atoms in total. The molecule has 2 aromatic carbocycles. The van der Waals surface area contributed by atoms with Crippen molar-refractivity contribution in [1.29, 1.82) is 0 Å². The van der Waals surface area contributed by atoms with E-state index in [2.05, 4.69) is 20.9 Å². The minimum atomic E-state index is -0.822. The molecule has 0 bridgehead atoms. The van der Waals surface area contributed by atoms with Crippen LogP contribution in [0, 0.1) is 0 Å². The van der Waals surface area contributed by atoms with Gasteiger partial charge in [-0.05, 0) is 62.2 Å². The molecule has 0 saturated heterocycles. The number of methoxy groups -OCH3 is 2. The summed E-state index contributed by atoms with van der Waals surface area (Å²) in [5.74, 6) is 0.608. The van der Waals surface area contributed by atoms with Crippen molar-refractivity contribution in [2.24, 2.45) is 4.99 Å². The Morgan fingerprint density at radius 3 is 2.37 bits per heavy atom. The Labute approximate surface area is 260 Å². The molecule has 0 saturated carbocycles. The van der Waals surface area contributed by atoms with Gasteiger partial charge in [0.2, 0.25) is 0 Å². The number of nitrogens with zero attached hydrogens (tertiary/aromatic N) is 2. The molecule has 228 valence electrons. The summed E-state index contributed by atoms with van der Waals surface area (Å²) in [6, 6.07) is 7.80. The maximum Gasteiger partial charge on any atom is 0.344 e. The van der Waals surface area contributed by atoms with Crippen LogP contribution in [0.1, 0.15) is 37.9 Å². The van der Waals surface area contributed by atoms with E-state index in [0.29, 0.717) is 61.1 Å². The Bertz CT molecular complexity index is 1730. The van der Waals surface area contributed by atoms with Gasteiger partial charge in [0.15, 0.2) is 34.4 Å². The first-order chi connectivity index (χ1) is 20.8. The summed E-state index contributed by atoms with van der Waals surface area (Å²) in [7, 11) is 2.75. The lowest BCUT2D eigenvalue weighted by Crippen LogP contribution is -2.39. The van der Waals surface area contributed by atoms with E-state index in [4.69, 9.17) is 28.4 Å². The molecule has 4 rings (SSSR count). The SMILES string of the molecule is CCOC(=O)COc1cc(Br)c(/C=c2\sc3n(c2=O)[C@H](c2ccc(OCC)c(OCC)c2)C(C(=O)OC)=CN=3)cc1OC. The highest BCUT2D eigenvalue weighted by Gasteiger charge is 2.31. The molecule has 0 fully saturated rings. The third kappa shape index (κ3) is 6.94. The minimum Gasteiger partial charge on any atom is -0.493 e. The fraction of sp³-hybridized carbons (Fsp3) is 0.333. The molecule has 0 amide bonds. The summed E-state index contributed by atoms with van der Waals surface area (Å²) in [6.45, 7) is 6.25. The fourth-order valence-corrected chi connectivity index (χ4v) is 5.80. The Kier molecular flexibility index (Phi) is 10.6. The fourth-order valence-electron chi connectivity index (χ4n) is 4.40. The summed E-state index contributed by atoms with van der Waals surface area (Å²) in [6.07, 6.45) is 3.12. The Morgan fingerprint density at radius 1 is 0.977 bits per heavy atom. The molecule has 0 radical (unpaired) electrons. The zero-order chi connectivity index (χ0) is 31.1. The number of thiazole rings is 1. The van der Waals surface area contributed by atoms with Crippen molar-refractivity contribution in [3.8, 4) is 23.0 Å². The molecule has 43 heavy (non-hydrogen) atoms. The van der Waals surface area contributed by atoms with Crippen LogP contribution in [0.2, 0.25) is 0 Å². The van der Waals surface area contributed by atoms with Gasteiger partial charge < -0.3 is 28.4 Å². The minimum absolute atomic E-state index is 0.194. The highest BCUT2D eigenvalue weighted by molar-refractivity contribution is 9.10. The van der Waals surface area contributed by atoms with E-state index < -0.39 is 18.0 Å². The van der Waals surface area contributed by atoms with E-state index in [0.717, 1.165) is 0 Å². The molecule has 1 aliphatic heterocycles. The quantitative estimate of drug-likeness (QED) is 0.266. The van der Waals surface area contributed by atoms with Gasteiger partial charge in [0.1, 0.15) is 0 Å². The average molecular weight is 676 g/mol. The molecule has 1 aromatic heterocycles. The van der Waals surface area contributed by atoms with Crippen LogP contribution < -0.4 is 33.8 Å². The van der Waals surface area contributed by atoms with Crippen LogP contribution in [0.5, 0.6) is 23.0 Å². The smallest absolute Gasteiger partial charge is 0.344 e. The second kappa shape index (κ2) is 14.4. The summed E-state index contributed by atoms with van der Waals surface area (Å²) in [5.41, 5.74) is 1.08. The molecule has 0 N–H and O–H groups in total. The van der Waals surface area contributed by atoms with Gasteiger partial charge in [0, 0.05) is 10.7 Å². The third-order valence-corrected chi connectivity index (χ3v) is 7.91. The number of benzene rings is 2. The van der Waals surface area contributed by atoms with Crippen molar-refractivity contribution in [3.05, 3.63) is 77.4 Å². The largest absolute Gasteiger partial charge is 0.493 e. The van der Waals surface area contributed by atoms with Gasteiger partial charge in [-0.3, -0.25) is 9.36 Å². The Hall–Kier alpha value is -4.10. The van der Waals surface area contributed by atoms with Crippen molar-refractivity contribution in [2.75, 3.05) is 40.6 Å². The number of hydrogen-bond acceptors (Lipinski definition) is 11. The molecule has 2 heterocycles. The number of hydrogen-bond donors (Lipinski definition) is 0. The molecular weight excluding hydrogens is 644 g/mol. The zero-order valence-corrected chi connectivity index (χ0v) is 26.7. The van der Waals surface area contributed by atoms with Crippen molar-refractivity contribution in [2.45, 2.75) is 26.8 Å². The number of fused-ring (bicyclic) bond motifs is 1. The number of rotatable bonds is 12. The van der Waals surface area contributed by atoms with Crippen LogP contribution in [0.4, 0.5) is 0 Å². The predicted molar refractivity (Wildman–Crippen MR) is 163 cm³/mol. The second-order valence-corrected chi connectivity index (χ2v) is 10.7. The standard InChI is InChI=1S/C30H31BrN2O9S/c1-6-39-21-10-9-17(11-23(21)40-7-2)27-19(29(36)38-5)15-32-30-33(27)28(35)25(43-30)13-18-12-22(37-4)24(14-20(18)31)42-16-26(34)41-8-3/h9-15,27H,6-8,16H2,1-5H3/b25-13-/t27-/m1/s1. The number of carbonyl (C=O) groups is 2. The number of halogens is 1. The van der Waals surface area contributed by atoms with E-state index in [1.807, 2.05) is 13.8 Å². The maximum atomic E-state index is 13.9. The van der Waals surface area contributed by atoms with Gasteiger partial charge in [-0.2, -0.15) is 0 Å². The predicted octanol–water partition coefficient (Wildman–Crippen LogP) is 3.53. The molecule has 1 aliphatic rings. The van der Waals surface area contributed by atoms with Crippen LogP contribution in [0.15, 0.2) is 56.4 Å². The van der Waals surface area contributed by atoms with Crippen LogP contribution in [-0.2, 0) is 19.1 Å². The van der Waals surface area contributed by atoms with Gasteiger partial charge in [-0.1, -0.05) is 33.3 Å². The van der Waals surface area contributed by atoms with E-state index in [-0.39, 0.29) is 24.3 Å². The molecule has 0 spiro atoms. The lowest BCUT2D eigenvalue weighted by Gasteiger charge is -2.23. The molecule has 0 unspecified atom stereocenters. The van der Waals surface area contributed by atoms with Crippen molar-refractivity contribution in [1.82, 2.24) is 4.57 Å². The van der Waals surface area contributed by atoms with Gasteiger partial charge in [-0.15, -0.1) is 0 Å². The first-order valence-electron chi connectivity index (χ1n) is 13.4. The number of carbonyl (C=O) groups excluding carboxylic acids is 2. The summed E-state index contributed by atoms with van der Waals surface area (Å²) >= 11 is 4.69. The monoisotopic (exact) mass is 674 g/mol. The molecule has 13 heteroatoms. The Morgan fingerprint density at radius 2 is 1.70 bits per heavy atom. The van der Waals surface area contributed by atoms with Gasteiger partial charge in [-0.25, -0.2) is 14.6 Å². The van der Waals surface area contributed by atoms with Gasteiger partial charge in [0.25, 0.3) is 5.56 Å². The number of esters is 2. The number of ether oxygens (including phenoxy) is 6. The normalized spacial score (nSPS) is 14.2. The lowest BCUT2D eigenvalue weighted by atomic mass is 9.97. The number of aromatic nitrogens is 1. The van der Waals surface area contributed by atoms with E-state index in [9.17, 15) is 14.4 Å². The van der Waals surface area contributed by atoms with Gasteiger partial charge in [0.05, 0.1) is 50.2 Å². The first-order valence-corrected chi connectivity index (χ1v) is 15.0.